The highest BCUT2D eigenvalue weighted by Crippen LogP contribution is 2.16. The minimum atomic E-state index is 0.162. The number of nitriles is 1. The molecule has 0 amide bonds. The van der Waals surface area contributed by atoms with Crippen LogP contribution in [0.25, 0.3) is 0 Å². The van der Waals surface area contributed by atoms with E-state index in [9.17, 15) is 0 Å². The van der Waals surface area contributed by atoms with Crippen LogP contribution in [0.4, 0.5) is 0 Å². The van der Waals surface area contributed by atoms with Crippen LogP contribution >= 0.6 is 0 Å². The molecule has 0 aliphatic carbocycles. The van der Waals surface area contributed by atoms with Gasteiger partial charge in [-0.3, -0.25) is 4.90 Å². The second-order valence-electron chi connectivity index (χ2n) is 5.15. The van der Waals surface area contributed by atoms with Crippen molar-refractivity contribution in [1.29, 1.82) is 5.26 Å². The summed E-state index contributed by atoms with van der Waals surface area (Å²) in [4.78, 5) is 2.34. The molecule has 1 aromatic carbocycles. The molecule has 0 aromatic heterocycles. The number of methoxy groups -OCH3 is 2. The van der Waals surface area contributed by atoms with E-state index in [4.69, 9.17) is 19.5 Å². The third kappa shape index (κ3) is 4.43. The van der Waals surface area contributed by atoms with Gasteiger partial charge in [0.1, 0.15) is 5.75 Å². The molecular weight excluding hydrogens is 268 g/mol. The maximum atomic E-state index is 8.73. The van der Waals surface area contributed by atoms with Gasteiger partial charge in [-0.25, -0.2) is 0 Å². The number of nitrogens with zero attached hydrogens (tertiary/aromatic N) is 2. The Morgan fingerprint density at radius 3 is 2.29 bits per heavy atom. The maximum absolute atomic E-state index is 8.73. The van der Waals surface area contributed by atoms with Crippen molar-refractivity contribution >= 4 is 0 Å². The molecule has 1 saturated heterocycles. The van der Waals surface area contributed by atoms with Crippen molar-refractivity contribution in [3.63, 3.8) is 0 Å². The van der Waals surface area contributed by atoms with Gasteiger partial charge in [-0.05, 0) is 30.7 Å². The van der Waals surface area contributed by atoms with Crippen LogP contribution in [-0.4, -0.2) is 57.6 Å². The van der Waals surface area contributed by atoms with Crippen molar-refractivity contribution in [2.75, 3.05) is 40.5 Å². The Labute approximate surface area is 126 Å². The molecule has 5 nitrogen and oxygen atoms in total. The monoisotopic (exact) mass is 290 g/mol. The number of benzene rings is 1. The number of hydrogen-bond acceptors (Lipinski definition) is 5. The van der Waals surface area contributed by atoms with Gasteiger partial charge in [0.05, 0.1) is 30.4 Å². The lowest BCUT2D eigenvalue weighted by molar-refractivity contribution is -0.00461. The summed E-state index contributed by atoms with van der Waals surface area (Å²) >= 11 is 0. The zero-order valence-corrected chi connectivity index (χ0v) is 12.6. The van der Waals surface area contributed by atoms with Crippen molar-refractivity contribution in [2.24, 2.45) is 0 Å². The van der Waals surface area contributed by atoms with Crippen LogP contribution in [0.3, 0.4) is 0 Å². The molecule has 1 aliphatic heterocycles. The predicted molar refractivity (Wildman–Crippen MR) is 79.3 cm³/mol. The summed E-state index contributed by atoms with van der Waals surface area (Å²) in [6.07, 6.45) is 1.27. The van der Waals surface area contributed by atoms with Gasteiger partial charge >= 0.3 is 0 Å². The van der Waals surface area contributed by atoms with E-state index in [1.165, 1.54) is 0 Å². The summed E-state index contributed by atoms with van der Waals surface area (Å²) in [6, 6.07) is 9.28. The third-order valence-electron chi connectivity index (χ3n) is 3.77. The van der Waals surface area contributed by atoms with E-state index < -0.39 is 0 Å². The number of hydrogen-bond donors (Lipinski definition) is 0. The van der Waals surface area contributed by atoms with Crippen LogP contribution in [0.2, 0.25) is 0 Å². The van der Waals surface area contributed by atoms with Crippen molar-refractivity contribution in [1.82, 2.24) is 4.90 Å². The largest absolute Gasteiger partial charge is 0.494 e. The van der Waals surface area contributed by atoms with E-state index in [-0.39, 0.29) is 12.2 Å². The molecule has 1 aromatic rings. The van der Waals surface area contributed by atoms with Crippen molar-refractivity contribution in [3.05, 3.63) is 29.8 Å². The van der Waals surface area contributed by atoms with E-state index in [0.717, 1.165) is 31.8 Å². The van der Waals surface area contributed by atoms with Gasteiger partial charge in [0, 0.05) is 33.9 Å². The lowest BCUT2D eigenvalue weighted by Crippen LogP contribution is -2.27. The first-order chi connectivity index (χ1) is 10.3. The summed E-state index contributed by atoms with van der Waals surface area (Å²) in [5.41, 5.74) is 0.649. The fourth-order valence-electron chi connectivity index (χ4n) is 2.56. The highest BCUT2D eigenvalue weighted by molar-refractivity contribution is 5.34. The minimum absolute atomic E-state index is 0.162. The molecule has 0 radical (unpaired) electrons. The lowest BCUT2D eigenvalue weighted by Gasteiger charge is -2.15. The Morgan fingerprint density at radius 1 is 1.14 bits per heavy atom. The van der Waals surface area contributed by atoms with Crippen LogP contribution in [0.5, 0.6) is 5.75 Å². The Kier molecular flexibility index (Phi) is 6.00. The molecule has 0 N–H and O–H groups in total. The molecule has 0 bridgehead atoms. The molecule has 2 atom stereocenters. The van der Waals surface area contributed by atoms with E-state index in [2.05, 4.69) is 11.0 Å². The quantitative estimate of drug-likeness (QED) is 0.715. The minimum Gasteiger partial charge on any atom is -0.494 e. The second kappa shape index (κ2) is 7.99. The number of likely N-dealkylation sites (tertiary alicyclic amines) is 1. The van der Waals surface area contributed by atoms with E-state index in [1.807, 2.05) is 12.1 Å². The Hall–Kier alpha value is -1.61. The molecule has 114 valence electrons. The topological polar surface area (TPSA) is 54.7 Å². The maximum Gasteiger partial charge on any atom is 0.119 e. The smallest absolute Gasteiger partial charge is 0.119 e. The molecule has 2 unspecified atom stereocenters. The van der Waals surface area contributed by atoms with Gasteiger partial charge in [-0.1, -0.05) is 0 Å². The van der Waals surface area contributed by atoms with Gasteiger partial charge in [0.2, 0.25) is 0 Å². The third-order valence-corrected chi connectivity index (χ3v) is 3.77. The van der Waals surface area contributed by atoms with E-state index in [0.29, 0.717) is 12.2 Å². The number of rotatable bonds is 7. The van der Waals surface area contributed by atoms with Gasteiger partial charge in [0.15, 0.2) is 0 Å². The molecule has 0 spiro atoms. The van der Waals surface area contributed by atoms with Gasteiger partial charge in [-0.2, -0.15) is 5.26 Å². The Morgan fingerprint density at radius 2 is 1.76 bits per heavy atom. The molecule has 1 fully saturated rings. The average molecular weight is 290 g/mol. The molecular formula is C16H22N2O3. The fourth-order valence-corrected chi connectivity index (χ4v) is 2.56. The summed E-state index contributed by atoms with van der Waals surface area (Å²) in [6.45, 7) is 3.45. The van der Waals surface area contributed by atoms with E-state index in [1.54, 1.807) is 26.4 Å². The molecule has 5 heteroatoms. The molecule has 21 heavy (non-hydrogen) atoms. The molecule has 0 saturated carbocycles. The highest BCUT2D eigenvalue weighted by atomic mass is 16.5. The SMILES string of the molecule is COC1CN(CCCOc2ccc(C#N)cc2)CC1OC. The lowest BCUT2D eigenvalue weighted by atomic mass is 10.2. The zero-order valence-electron chi connectivity index (χ0n) is 12.6. The van der Waals surface area contributed by atoms with Crippen LogP contribution in [0, 0.1) is 11.3 Å². The van der Waals surface area contributed by atoms with Gasteiger partial charge in [-0.15, -0.1) is 0 Å². The molecule has 1 heterocycles. The zero-order chi connectivity index (χ0) is 15.1. The average Bonchev–Trinajstić information content (AvgIpc) is 2.94. The Bertz CT molecular complexity index is 457. The first-order valence-electron chi connectivity index (χ1n) is 7.17. The van der Waals surface area contributed by atoms with Crippen LogP contribution in [-0.2, 0) is 9.47 Å². The summed E-state index contributed by atoms with van der Waals surface area (Å²) in [5, 5.41) is 8.73. The van der Waals surface area contributed by atoms with Crippen molar-refractivity contribution in [2.45, 2.75) is 18.6 Å². The normalized spacial score (nSPS) is 22.1. The predicted octanol–water partition coefficient (Wildman–Crippen LogP) is 1.67. The second-order valence-corrected chi connectivity index (χ2v) is 5.15. The summed E-state index contributed by atoms with van der Waals surface area (Å²) in [7, 11) is 3.46. The van der Waals surface area contributed by atoms with Crippen LogP contribution < -0.4 is 4.74 Å². The number of ether oxygens (including phenoxy) is 3. The fraction of sp³-hybridized carbons (Fsp3) is 0.562. The van der Waals surface area contributed by atoms with Crippen LogP contribution in [0.15, 0.2) is 24.3 Å². The van der Waals surface area contributed by atoms with Crippen molar-refractivity contribution < 1.29 is 14.2 Å². The molecule has 2 rings (SSSR count). The molecule has 1 aliphatic rings. The first-order valence-corrected chi connectivity index (χ1v) is 7.17. The van der Waals surface area contributed by atoms with Crippen LogP contribution in [0.1, 0.15) is 12.0 Å². The highest BCUT2D eigenvalue weighted by Gasteiger charge is 2.32. The summed E-state index contributed by atoms with van der Waals surface area (Å²) < 4.78 is 16.5. The van der Waals surface area contributed by atoms with Gasteiger partial charge < -0.3 is 14.2 Å². The standard InChI is InChI=1S/C16H22N2O3/c1-19-15-11-18(12-16(15)20-2)8-3-9-21-14-6-4-13(10-17)5-7-14/h4-7,15-16H,3,8-9,11-12H2,1-2H3. The van der Waals surface area contributed by atoms with Crippen molar-refractivity contribution in [3.8, 4) is 11.8 Å². The Balaban J connectivity index is 1.67. The summed E-state index contributed by atoms with van der Waals surface area (Å²) in [5.74, 6) is 0.806. The van der Waals surface area contributed by atoms with Gasteiger partial charge in [0.25, 0.3) is 0 Å². The van der Waals surface area contributed by atoms with E-state index >= 15 is 0 Å². The first kappa shape index (κ1) is 15.8.